The first kappa shape index (κ1) is 24.0. The lowest BCUT2D eigenvalue weighted by atomic mass is 9.86. The number of hydrogen-bond donors (Lipinski definition) is 1. The first-order chi connectivity index (χ1) is 15.4. The fourth-order valence-corrected chi connectivity index (χ4v) is 4.10. The van der Waals surface area contributed by atoms with E-state index in [2.05, 4.69) is 12.2 Å². The molecular formula is C25H26Cl2N2O3. The summed E-state index contributed by atoms with van der Waals surface area (Å²) in [5, 5.41) is 13.5. The van der Waals surface area contributed by atoms with E-state index in [9.17, 15) is 10.1 Å². The van der Waals surface area contributed by atoms with Crippen molar-refractivity contribution in [3.63, 3.8) is 0 Å². The summed E-state index contributed by atoms with van der Waals surface area (Å²) >= 11 is 12.0. The Morgan fingerprint density at radius 3 is 2.62 bits per heavy atom. The van der Waals surface area contributed by atoms with Gasteiger partial charge in [0.05, 0.1) is 17.2 Å². The lowest BCUT2D eigenvalue weighted by molar-refractivity contribution is -0.118. The molecule has 0 unspecified atom stereocenters. The predicted molar refractivity (Wildman–Crippen MR) is 127 cm³/mol. The lowest BCUT2D eigenvalue weighted by Gasteiger charge is -2.29. The normalized spacial score (nSPS) is 18.5. The molecule has 7 heteroatoms. The Bertz CT molecular complexity index is 1050. The summed E-state index contributed by atoms with van der Waals surface area (Å²) in [5.41, 5.74) is 1.60. The molecule has 1 N–H and O–H groups in total. The summed E-state index contributed by atoms with van der Waals surface area (Å²) in [6.07, 6.45) is 5.89. The van der Waals surface area contributed by atoms with Gasteiger partial charge in [-0.05, 0) is 60.2 Å². The minimum absolute atomic E-state index is 0.0642. The smallest absolute Gasteiger partial charge is 0.262 e. The summed E-state index contributed by atoms with van der Waals surface area (Å²) < 4.78 is 11.3. The molecule has 0 aliphatic heterocycles. The van der Waals surface area contributed by atoms with Crippen LogP contribution in [-0.4, -0.2) is 19.1 Å². The highest BCUT2D eigenvalue weighted by molar-refractivity contribution is 6.42. The van der Waals surface area contributed by atoms with Gasteiger partial charge in [0.2, 0.25) is 0 Å². The molecule has 0 spiro atoms. The Morgan fingerprint density at radius 1 is 1.16 bits per heavy atom. The molecule has 0 aromatic heterocycles. The average molecular weight is 473 g/mol. The number of benzene rings is 2. The Kier molecular flexibility index (Phi) is 8.44. The monoisotopic (exact) mass is 472 g/mol. The number of nitrogens with zero attached hydrogens (tertiary/aromatic N) is 1. The number of amides is 1. The number of carbonyl (C=O) groups is 1. The standard InChI is InChI=1S/C25H26Cl2N2O3/c1-16-5-3-4-6-22(16)29-25(30)19(14-28)11-17-8-10-23(24(13-17)31-2)32-15-18-7-9-20(26)21(27)12-18/h7-13,16,22H,3-6,15H2,1-2H3,(H,29,30)/b19-11+/t16-,22-/m0/s1. The number of halogens is 2. The molecule has 5 nitrogen and oxygen atoms in total. The van der Waals surface area contributed by atoms with E-state index < -0.39 is 0 Å². The van der Waals surface area contributed by atoms with Gasteiger partial charge in [0.1, 0.15) is 18.2 Å². The van der Waals surface area contributed by atoms with Crippen LogP contribution in [-0.2, 0) is 11.4 Å². The zero-order valence-electron chi connectivity index (χ0n) is 18.2. The lowest BCUT2D eigenvalue weighted by Crippen LogP contribution is -2.41. The highest BCUT2D eigenvalue weighted by Gasteiger charge is 2.24. The number of nitriles is 1. The maximum atomic E-state index is 12.6. The Hall–Kier alpha value is -2.68. The van der Waals surface area contributed by atoms with Crippen molar-refractivity contribution in [1.82, 2.24) is 5.32 Å². The topological polar surface area (TPSA) is 71.3 Å². The zero-order chi connectivity index (χ0) is 23.1. The van der Waals surface area contributed by atoms with Crippen molar-refractivity contribution in [1.29, 1.82) is 5.26 Å². The van der Waals surface area contributed by atoms with E-state index in [1.165, 1.54) is 13.5 Å². The molecule has 0 bridgehead atoms. The Morgan fingerprint density at radius 2 is 1.94 bits per heavy atom. The molecule has 1 amide bonds. The number of carbonyl (C=O) groups excluding carboxylic acids is 1. The molecule has 1 aliphatic rings. The number of rotatable bonds is 7. The minimum atomic E-state index is -0.342. The van der Waals surface area contributed by atoms with Gasteiger partial charge >= 0.3 is 0 Å². The van der Waals surface area contributed by atoms with Gasteiger partial charge in [0.15, 0.2) is 11.5 Å². The summed E-state index contributed by atoms with van der Waals surface area (Å²) in [4.78, 5) is 12.6. The van der Waals surface area contributed by atoms with Gasteiger partial charge in [0, 0.05) is 6.04 Å². The van der Waals surface area contributed by atoms with Crippen LogP contribution in [0.15, 0.2) is 42.0 Å². The summed E-state index contributed by atoms with van der Waals surface area (Å²) in [6.45, 7) is 2.43. The van der Waals surface area contributed by atoms with Crippen LogP contribution in [0.3, 0.4) is 0 Å². The second-order valence-electron chi connectivity index (χ2n) is 7.96. The molecule has 1 aliphatic carbocycles. The second-order valence-corrected chi connectivity index (χ2v) is 8.77. The van der Waals surface area contributed by atoms with Crippen molar-refractivity contribution in [2.24, 2.45) is 5.92 Å². The number of hydrogen-bond acceptors (Lipinski definition) is 4. The van der Waals surface area contributed by atoms with E-state index >= 15 is 0 Å². The number of nitrogens with one attached hydrogen (secondary N) is 1. The van der Waals surface area contributed by atoms with Gasteiger partial charge in [-0.2, -0.15) is 5.26 Å². The highest BCUT2D eigenvalue weighted by Crippen LogP contribution is 2.31. The van der Waals surface area contributed by atoms with Crippen LogP contribution < -0.4 is 14.8 Å². The largest absolute Gasteiger partial charge is 0.493 e. The van der Waals surface area contributed by atoms with E-state index in [0.717, 1.165) is 24.8 Å². The summed E-state index contributed by atoms with van der Waals surface area (Å²) in [5.74, 6) is 1.11. The van der Waals surface area contributed by atoms with Crippen molar-refractivity contribution in [2.75, 3.05) is 7.11 Å². The molecule has 168 valence electrons. The van der Waals surface area contributed by atoms with Crippen molar-refractivity contribution in [2.45, 2.75) is 45.3 Å². The maximum absolute atomic E-state index is 12.6. The molecule has 3 rings (SSSR count). The summed E-state index contributed by atoms with van der Waals surface area (Å²) in [7, 11) is 1.54. The number of ether oxygens (including phenoxy) is 2. The molecule has 32 heavy (non-hydrogen) atoms. The fraction of sp³-hybridized carbons (Fsp3) is 0.360. The molecule has 2 aromatic rings. The molecule has 2 aromatic carbocycles. The first-order valence-electron chi connectivity index (χ1n) is 10.6. The van der Waals surface area contributed by atoms with Crippen LogP contribution in [0.5, 0.6) is 11.5 Å². The third-order valence-corrected chi connectivity index (χ3v) is 6.41. The van der Waals surface area contributed by atoms with E-state index in [0.29, 0.717) is 33.0 Å². The van der Waals surface area contributed by atoms with Gasteiger partial charge in [0.25, 0.3) is 5.91 Å². The molecular weight excluding hydrogens is 447 g/mol. The van der Waals surface area contributed by atoms with Gasteiger partial charge in [-0.25, -0.2) is 0 Å². The van der Waals surface area contributed by atoms with E-state index in [1.54, 1.807) is 36.4 Å². The molecule has 0 radical (unpaired) electrons. The third kappa shape index (κ3) is 6.18. The van der Waals surface area contributed by atoms with Crippen molar-refractivity contribution >= 4 is 35.2 Å². The quantitative estimate of drug-likeness (QED) is 0.385. The van der Waals surface area contributed by atoms with Crippen LogP contribution in [0.1, 0.15) is 43.7 Å². The highest BCUT2D eigenvalue weighted by atomic mass is 35.5. The zero-order valence-corrected chi connectivity index (χ0v) is 19.7. The van der Waals surface area contributed by atoms with Crippen LogP contribution in [0.4, 0.5) is 0 Å². The van der Waals surface area contributed by atoms with Gasteiger partial charge < -0.3 is 14.8 Å². The first-order valence-corrected chi connectivity index (χ1v) is 11.3. The van der Waals surface area contributed by atoms with Crippen LogP contribution in [0.2, 0.25) is 10.0 Å². The SMILES string of the molecule is COc1cc(/C=C(\C#N)C(=O)N[C@H]2CCCC[C@@H]2C)ccc1OCc1ccc(Cl)c(Cl)c1. The Balaban J connectivity index is 1.71. The van der Waals surface area contributed by atoms with Gasteiger partial charge in [-0.3, -0.25) is 4.79 Å². The van der Waals surface area contributed by atoms with Gasteiger partial charge in [-0.15, -0.1) is 0 Å². The second kappa shape index (κ2) is 11.3. The predicted octanol–water partition coefficient (Wildman–Crippen LogP) is 6.18. The molecule has 2 atom stereocenters. The van der Waals surface area contributed by atoms with E-state index in [-0.39, 0.29) is 24.1 Å². The minimum Gasteiger partial charge on any atom is -0.493 e. The molecule has 0 saturated heterocycles. The number of methoxy groups -OCH3 is 1. The third-order valence-electron chi connectivity index (χ3n) is 5.67. The van der Waals surface area contributed by atoms with Crippen molar-refractivity contribution in [3.8, 4) is 17.6 Å². The maximum Gasteiger partial charge on any atom is 0.262 e. The molecule has 1 saturated carbocycles. The molecule has 1 fully saturated rings. The van der Waals surface area contributed by atoms with Gasteiger partial charge in [-0.1, -0.05) is 55.1 Å². The van der Waals surface area contributed by atoms with Crippen molar-refractivity contribution < 1.29 is 14.3 Å². The van der Waals surface area contributed by atoms with E-state index in [4.69, 9.17) is 32.7 Å². The molecule has 0 heterocycles. The van der Waals surface area contributed by atoms with Crippen LogP contribution in [0.25, 0.3) is 6.08 Å². The Labute approximate surface area is 198 Å². The van der Waals surface area contributed by atoms with E-state index in [1.807, 2.05) is 12.1 Å². The van der Waals surface area contributed by atoms with Crippen LogP contribution >= 0.6 is 23.2 Å². The fourth-order valence-electron chi connectivity index (χ4n) is 3.78. The average Bonchev–Trinajstić information content (AvgIpc) is 2.80. The summed E-state index contributed by atoms with van der Waals surface area (Å²) in [6, 6.07) is 12.7. The van der Waals surface area contributed by atoms with Crippen molar-refractivity contribution in [3.05, 3.63) is 63.1 Å². The van der Waals surface area contributed by atoms with Crippen LogP contribution in [0, 0.1) is 17.2 Å².